The number of furan rings is 1. The Morgan fingerprint density at radius 3 is 2.57 bits per heavy atom. The topological polar surface area (TPSA) is 62.6 Å². The van der Waals surface area contributed by atoms with Crippen LogP contribution in [0, 0.1) is 12.8 Å². The van der Waals surface area contributed by atoms with Crippen LogP contribution in [0.1, 0.15) is 45.1 Å². The summed E-state index contributed by atoms with van der Waals surface area (Å²) in [5.41, 5.74) is 0. The van der Waals surface area contributed by atoms with Crippen LogP contribution in [0.15, 0.2) is 15.4 Å². The Kier molecular flexibility index (Phi) is 5.11. The fourth-order valence-corrected chi connectivity index (χ4v) is 4.19. The Morgan fingerprint density at radius 2 is 2.00 bits per heavy atom. The third kappa shape index (κ3) is 3.87. The zero-order valence-corrected chi connectivity index (χ0v) is 14.2. The first kappa shape index (κ1) is 16.5. The lowest BCUT2D eigenvalue weighted by Gasteiger charge is -2.29. The normalized spacial score (nSPS) is 18.5. The van der Waals surface area contributed by atoms with Gasteiger partial charge in [-0.25, -0.2) is 8.42 Å². The van der Waals surface area contributed by atoms with Crippen LogP contribution in [0.2, 0.25) is 0 Å². The van der Waals surface area contributed by atoms with Crippen molar-refractivity contribution in [2.75, 3.05) is 13.1 Å². The third-order valence-electron chi connectivity index (χ3n) is 3.97. The largest absolute Gasteiger partial charge is 0.464 e. The van der Waals surface area contributed by atoms with Crippen molar-refractivity contribution in [1.29, 1.82) is 0 Å². The quantitative estimate of drug-likeness (QED) is 0.907. The molecule has 1 fully saturated rings. The highest BCUT2D eigenvalue weighted by molar-refractivity contribution is 7.89. The molecule has 1 aromatic heterocycles. The molecule has 0 aliphatic carbocycles. The maximum Gasteiger partial charge on any atom is 0.246 e. The molecule has 5 nitrogen and oxygen atoms in total. The van der Waals surface area contributed by atoms with Crippen LogP contribution < -0.4 is 5.32 Å². The molecule has 120 valence electrons. The first-order chi connectivity index (χ1) is 9.80. The molecule has 1 N–H and O–H groups in total. The second-order valence-electron chi connectivity index (χ2n) is 6.26. The van der Waals surface area contributed by atoms with Gasteiger partial charge in [-0.15, -0.1) is 0 Å². The van der Waals surface area contributed by atoms with Crippen molar-refractivity contribution < 1.29 is 12.8 Å². The molecule has 1 aliphatic heterocycles. The smallest absolute Gasteiger partial charge is 0.246 e. The minimum Gasteiger partial charge on any atom is -0.464 e. The van der Waals surface area contributed by atoms with E-state index < -0.39 is 10.0 Å². The van der Waals surface area contributed by atoms with Crippen molar-refractivity contribution in [3.63, 3.8) is 0 Å². The summed E-state index contributed by atoms with van der Waals surface area (Å²) < 4.78 is 32.6. The van der Waals surface area contributed by atoms with Gasteiger partial charge >= 0.3 is 0 Å². The number of hydrogen-bond acceptors (Lipinski definition) is 4. The molecule has 0 aromatic carbocycles. The van der Waals surface area contributed by atoms with Crippen LogP contribution in [-0.4, -0.2) is 31.9 Å². The van der Waals surface area contributed by atoms with Crippen LogP contribution in [0.25, 0.3) is 0 Å². The van der Waals surface area contributed by atoms with E-state index in [2.05, 4.69) is 12.2 Å². The van der Waals surface area contributed by atoms with Gasteiger partial charge in [0.25, 0.3) is 0 Å². The number of nitrogens with one attached hydrogen (secondary N) is 1. The van der Waals surface area contributed by atoms with Crippen LogP contribution >= 0.6 is 0 Å². The highest BCUT2D eigenvalue weighted by Crippen LogP contribution is 2.27. The molecule has 2 rings (SSSR count). The molecule has 0 spiro atoms. The molecule has 0 bridgehead atoms. The maximum absolute atomic E-state index is 12.7. The number of hydrogen-bond donors (Lipinski definition) is 1. The molecule has 2 heterocycles. The zero-order valence-electron chi connectivity index (χ0n) is 13.3. The Balaban J connectivity index is 2.16. The van der Waals surface area contributed by atoms with Gasteiger partial charge in [0, 0.05) is 25.2 Å². The second kappa shape index (κ2) is 6.50. The third-order valence-corrected chi connectivity index (χ3v) is 5.97. The Labute approximate surface area is 127 Å². The molecule has 1 saturated heterocycles. The van der Waals surface area contributed by atoms with E-state index in [4.69, 9.17) is 4.42 Å². The van der Waals surface area contributed by atoms with E-state index in [9.17, 15) is 8.42 Å². The van der Waals surface area contributed by atoms with Crippen molar-refractivity contribution in [2.45, 2.75) is 58.0 Å². The highest BCUT2D eigenvalue weighted by Gasteiger charge is 2.31. The summed E-state index contributed by atoms with van der Waals surface area (Å²) in [6, 6.07) is 2.00. The highest BCUT2D eigenvalue weighted by atomic mass is 32.2. The number of piperidine rings is 1. The average molecular weight is 314 g/mol. The van der Waals surface area contributed by atoms with Crippen molar-refractivity contribution in [3.8, 4) is 0 Å². The maximum atomic E-state index is 12.7. The number of rotatable bonds is 5. The van der Waals surface area contributed by atoms with Crippen LogP contribution in [0.5, 0.6) is 0 Å². The van der Waals surface area contributed by atoms with Gasteiger partial charge in [0.05, 0.1) is 6.54 Å². The van der Waals surface area contributed by atoms with Crippen molar-refractivity contribution in [3.05, 3.63) is 17.6 Å². The average Bonchev–Trinajstić information content (AvgIpc) is 2.79. The van der Waals surface area contributed by atoms with E-state index in [1.54, 1.807) is 17.3 Å². The van der Waals surface area contributed by atoms with E-state index >= 15 is 0 Å². The molecular weight excluding hydrogens is 288 g/mol. The van der Waals surface area contributed by atoms with E-state index in [-0.39, 0.29) is 0 Å². The van der Waals surface area contributed by atoms with E-state index in [1.165, 1.54) is 0 Å². The van der Waals surface area contributed by atoms with Gasteiger partial charge in [-0.1, -0.05) is 20.8 Å². The molecule has 0 unspecified atom stereocenters. The lowest BCUT2D eigenvalue weighted by molar-refractivity contribution is 0.287. The standard InChI is InChI=1S/C15H26N2O3S/c1-11(2)16-10-14-9-15(13(4)20-14)21(18,19)17-7-5-12(3)6-8-17/h9,11-12,16H,5-8,10H2,1-4H3. The molecule has 21 heavy (non-hydrogen) atoms. The first-order valence-electron chi connectivity index (χ1n) is 7.63. The SMILES string of the molecule is Cc1oc(CNC(C)C)cc1S(=O)(=O)N1CCC(C)CC1. The van der Waals surface area contributed by atoms with Crippen LogP contribution in [0.3, 0.4) is 0 Å². The molecule has 0 saturated carbocycles. The molecule has 1 aromatic rings. The van der Waals surface area contributed by atoms with Crippen LogP contribution in [-0.2, 0) is 16.6 Å². The van der Waals surface area contributed by atoms with Gasteiger partial charge in [-0.2, -0.15) is 4.31 Å². The van der Waals surface area contributed by atoms with E-state index in [0.29, 0.717) is 48.0 Å². The summed E-state index contributed by atoms with van der Waals surface area (Å²) in [7, 11) is -3.42. The predicted molar refractivity (Wildman–Crippen MR) is 82.6 cm³/mol. The molecule has 0 radical (unpaired) electrons. The van der Waals surface area contributed by atoms with Crippen LogP contribution in [0.4, 0.5) is 0 Å². The zero-order chi connectivity index (χ0) is 15.6. The number of nitrogens with zero attached hydrogens (tertiary/aromatic N) is 1. The molecule has 1 aliphatic rings. The van der Waals surface area contributed by atoms with Gasteiger partial charge < -0.3 is 9.73 Å². The predicted octanol–water partition coefficient (Wildman–Crippen LogP) is 2.51. The van der Waals surface area contributed by atoms with Crippen molar-refractivity contribution in [2.24, 2.45) is 5.92 Å². The van der Waals surface area contributed by atoms with Crippen molar-refractivity contribution in [1.82, 2.24) is 9.62 Å². The molecule has 0 amide bonds. The van der Waals surface area contributed by atoms with Gasteiger partial charge in [-0.05, 0) is 25.7 Å². The minimum absolute atomic E-state index is 0.317. The fraction of sp³-hybridized carbons (Fsp3) is 0.733. The summed E-state index contributed by atoms with van der Waals surface area (Å²) in [5, 5.41) is 3.24. The van der Waals surface area contributed by atoms with Gasteiger partial charge in [0.15, 0.2) is 0 Å². The molecule has 0 atom stereocenters. The number of aryl methyl sites for hydroxylation is 1. The molecular formula is C15H26N2O3S. The Bertz CT molecular complexity index is 570. The van der Waals surface area contributed by atoms with Gasteiger partial charge in [0.2, 0.25) is 10.0 Å². The van der Waals surface area contributed by atoms with E-state index in [0.717, 1.165) is 12.8 Å². The first-order valence-corrected chi connectivity index (χ1v) is 9.07. The lowest BCUT2D eigenvalue weighted by Crippen LogP contribution is -2.37. The minimum atomic E-state index is -3.42. The molecule has 6 heteroatoms. The van der Waals surface area contributed by atoms with Crippen molar-refractivity contribution >= 4 is 10.0 Å². The Hall–Kier alpha value is -0.850. The van der Waals surface area contributed by atoms with Gasteiger partial charge in [0.1, 0.15) is 16.4 Å². The summed E-state index contributed by atoms with van der Waals surface area (Å²) in [5.74, 6) is 1.76. The lowest BCUT2D eigenvalue weighted by atomic mass is 10.0. The fourth-order valence-electron chi connectivity index (χ4n) is 2.54. The number of sulfonamides is 1. The summed E-state index contributed by atoms with van der Waals surface area (Å²) in [4.78, 5) is 0.317. The van der Waals surface area contributed by atoms with Gasteiger partial charge in [-0.3, -0.25) is 0 Å². The van der Waals surface area contributed by atoms with E-state index in [1.807, 2.05) is 13.8 Å². The summed E-state index contributed by atoms with van der Waals surface area (Å²) in [6.45, 7) is 9.73. The summed E-state index contributed by atoms with van der Waals surface area (Å²) in [6.07, 6.45) is 1.86. The second-order valence-corrected chi connectivity index (χ2v) is 8.16. The summed E-state index contributed by atoms with van der Waals surface area (Å²) >= 11 is 0. The Morgan fingerprint density at radius 1 is 1.38 bits per heavy atom. The monoisotopic (exact) mass is 314 g/mol.